The maximum Gasteiger partial charge on any atom is 0.127 e. The predicted octanol–water partition coefficient (Wildman–Crippen LogP) is 6.23. The number of ether oxygens (including phenoxy) is 2. The highest BCUT2D eigenvalue weighted by Crippen LogP contribution is 2.26. The van der Waals surface area contributed by atoms with Crippen LogP contribution in [0.15, 0.2) is 77.8 Å². The third-order valence-corrected chi connectivity index (χ3v) is 5.11. The number of benzene rings is 3. The molecule has 4 rings (SSSR count). The smallest absolute Gasteiger partial charge is 0.127 e. The van der Waals surface area contributed by atoms with E-state index in [2.05, 4.69) is 34.2 Å². The monoisotopic (exact) mass is 386 g/mol. The molecule has 1 aliphatic heterocycles. The molecule has 1 saturated heterocycles. The van der Waals surface area contributed by atoms with Crippen LogP contribution in [0.4, 0.5) is 11.4 Å². The van der Waals surface area contributed by atoms with E-state index in [4.69, 9.17) is 9.47 Å². The van der Waals surface area contributed by atoms with Crippen molar-refractivity contribution in [3.63, 3.8) is 0 Å². The summed E-state index contributed by atoms with van der Waals surface area (Å²) in [6.07, 6.45) is 5.84. The van der Waals surface area contributed by atoms with E-state index in [1.807, 2.05) is 54.7 Å². The minimum atomic E-state index is 0.774. The van der Waals surface area contributed by atoms with E-state index in [1.165, 1.54) is 38.0 Å². The Hall–Kier alpha value is -3.27. The van der Waals surface area contributed by atoms with Crippen molar-refractivity contribution >= 4 is 17.6 Å². The first-order valence-electron chi connectivity index (χ1n) is 10.1. The van der Waals surface area contributed by atoms with Gasteiger partial charge in [0, 0.05) is 25.0 Å². The standard InChI is InChI=1S/C25H26N2O2/c1-28-23-13-15-25(16-14-23)29-24-11-7-21(8-12-24)26-19-20-5-9-22(10-6-20)27-17-3-2-4-18-27/h5-16,19H,2-4,17-18H2,1H3. The molecule has 0 aromatic heterocycles. The van der Waals surface area contributed by atoms with E-state index >= 15 is 0 Å². The van der Waals surface area contributed by atoms with Gasteiger partial charge >= 0.3 is 0 Å². The lowest BCUT2D eigenvalue weighted by molar-refractivity contribution is 0.413. The van der Waals surface area contributed by atoms with Crippen LogP contribution < -0.4 is 14.4 Å². The van der Waals surface area contributed by atoms with Gasteiger partial charge in [0.05, 0.1) is 12.8 Å². The van der Waals surface area contributed by atoms with E-state index in [1.54, 1.807) is 7.11 Å². The summed E-state index contributed by atoms with van der Waals surface area (Å²) >= 11 is 0. The van der Waals surface area contributed by atoms with Crippen molar-refractivity contribution in [2.75, 3.05) is 25.1 Å². The Morgan fingerprint density at radius 3 is 1.93 bits per heavy atom. The molecule has 0 radical (unpaired) electrons. The Morgan fingerprint density at radius 1 is 0.724 bits per heavy atom. The number of piperidine rings is 1. The Balaban J connectivity index is 1.35. The van der Waals surface area contributed by atoms with E-state index in [9.17, 15) is 0 Å². The Kier molecular flexibility index (Phi) is 6.10. The molecule has 0 bridgehead atoms. The molecule has 0 spiro atoms. The minimum absolute atomic E-state index is 0.774. The summed E-state index contributed by atoms with van der Waals surface area (Å²) in [7, 11) is 1.65. The van der Waals surface area contributed by atoms with Crippen LogP contribution in [-0.4, -0.2) is 26.4 Å². The minimum Gasteiger partial charge on any atom is -0.497 e. The second-order valence-corrected chi connectivity index (χ2v) is 7.17. The number of nitrogens with zero attached hydrogens (tertiary/aromatic N) is 2. The van der Waals surface area contributed by atoms with Crippen molar-refractivity contribution in [2.24, 2.45) is 4.99 Å². The number of rotatable bonds is 6. The van der Waals surface area contributed by atoms with Crippen molar-refractivity contribution in [2.45, 2.75) is 19.3 Å². The van der Waals surface area contributed by atoms with Crippen LogP contribution >= 0.6 is 0 Å². The highest BCUT2D eigenvalue weighted by atomic mass is 16.5. The first-order chi connectivity index (χ1) is 14.3. The number of hydrogen-bond donors (Lipinski definition) is 0. The number of aliphatic imine (C=N–C) groups is 1. The number of hydrogen-bond acceptors (Lipinski definition) is 4. The molecule has 4 heteroatoms. The molecule has 3 aromatic rings. The summed E-state index contributed by atoms with van der Waals surface area (Å²) in [5.74, 6) is 2.36. The van der Waals surface area contributed by atoms with Gasteiger partial charge < -0.3 is 14.4 Å². The molecule has 0 amide bonds. The molecule has 0 atom stereocenters. The predicted molar refractivity (Wildman–Crippen MR) is 119 cm³/mol. The van der Waals surface area contributed by atoms with Crippen LogP contribution in [0.5, 0.6) is 17.2 Å². The quantitative estimate of drug-likeness (QED) is 0.471. The zero-order chi connectivity index (χ0) is 19.9. The second-order valence-electron chi connectivity index (χ2n) is 7.17. The van der Waals surface area contributed by atoms with Crippen LogP contribution in [0.1, 0.15) is 24.8 Å². The Bertz CT molecular complexity index is 926. The third kappa shape index (κ3) is 5.17. The van der Waals surface area contributed by atoms with Crippen molar-refractivity contribution < 1.29 is 9.47 Å². The molecule has 1 fully saturated rings. The topological polar surface area (TPSA) is 34.1 Å². The summed E-state index contributed by atoms with van der Waals surface area (Å²) in [6, 6.07) is 24.0. The molecule has 4 nitrogen and oxygen atoms in total. The van der Waals surface area contributed by atoms with Crippen molar-refractivity contribution in [1.82, 2.24) is 0 Å². The lowest BCUT2D eigenvalue weighted by Crippen LogP contribution is -2.29. The largest absolute Gasteiger partial charge is 0.497 e. The van der Waals surface area contributed by atoms with Crippen LogP contribution in [0.2, 0.25) is 0 Å². The lowest BCUT2D eigenvalue weighted by Gasteiger charge is -2.28. The molecule has 1 aliphatic rings. The van der Waals surface area contributed by atoms with Gasteiger partial charge in [-0.15, -0.1) is 0 Å². The highest BCUT2D eigenvalue weighted by Gasteiger charge is 2.10. The van der Waals surface area contributed by atoms with Crippen molar-refractivity contribution in [3.05, 3.63) is 78.4 Å². The Morgan fingerprint density at radius 2 is 1.31 bits per heavy atom. The van der Waals surface area contributed by atoms with Crippen molar-refractivity contribution in [3.8, 4) is 17.2 Å². The van der Waals surface area contributed by atoms with Gasteiger partial charge in [-0.05, 0) is 85.5 Å². The molecule has 0 unspecified atom stereocenters. The SMILES string of the molecule is COc1ccc(Oc2ccc(N=Cc3ccc(N4CCCCC4)cc3)cc2)cc1. The van der Waals surface area contributed by atoms with Crippen LogP contribution in [0.3, 0.4) is 0 Å². The zero-order valence-electron chi connectivity index (χ0n) is 16.8. The first-order valence-corrected chi connectivity index (χ1v) is 10.1. The van der Waals surface area contributed by atoms with E-state index < -0.39 is 0 Å². The number of methoxy groups -OCH3 is 1. The Labute approximate surface area is 172 Å². The van der Waals surface area contributed by atoms with E-state index in [0.29, 0.717) is 0 Å². The fourth-order valence-corrected chi connectivity index (χ4v) is 3.45. The molecular weight excluding hydrogens is 360 g/mol. The van der Waals surface area contributed by atoms with Gasteiger partial charge in [-0.2, -0.15) is 0 Å². The lowest BCUT2D eigenvalue weighted by atomic mass is 10.1. The van der Waals surface area contributed by atoms with Crippen LogP contribution in [0.25, 0.3) is 0 Å². The summed E-state index contributed by atoms with van der Waals surface area (Å²) in [4.78, 5) is 7.04. The van der Waals surface area contributed by atoms with Gasteiger partial charge in [-0.1, -0.05) is 12.1 Å². The number of anilines is 1. The van der Waals surface area contributed by atoms with Crippen LogP contribution in [0, 0.1) is 0 Å². The molecule has 0 N–H and O–H groups in total. The summed E-state index contributed by atoms with van der Waals surface area (Å²) < 4.78 is 11.0. The molecule has 0 saturated carbocycles. The fourth-order valence-electron chi connectivity index (χ4n) is 3.45. The van der Waals surface area contributed by atoms with Crippen LogP contribution in [-0.2, 0) is 0 Å². The van der Waals surface area contributed by atoms with Gasteiger partial charge in [-0.25, -0.2) is 0 Å². The molecule has 3 aromatic carbocycles. The molecular formula is C25H26N2O2. The average molecular weight is 386 g/mol. The molecule has 0 aliphatic carbocycles. The average Bonchev–Trinajstić information content (AvgIpc) is 2.80. The summed E-state index contributed by atoms with van der Waals surface area (Å²) in [6.45, 7) is 2.33. The van der Waals surface area contributed by atoms with Gasteiger partial charge in [0.15, 0.2) is 0 Å². The summed E-state index contributed by atoms with van der Waals surface area (Å²) in [5.41, 5.74) is 3.30. The van der Waals surface area contributed by atoms with Gasteiger partial charge in [0.2, 0.25) is 0 Å². The van der Waals surface area contributed by atoms with Gasteiger partial charge in [-0.3, -0.25) is 4.99 Å². The maximum absolute atomic E-state index is 5.85. The molecule has 148 valence electrons. The molecule has 29 heavy (non-hydrogen) atoms. The second kappa shape index (κ2) is 9.28. The maximum atomic E-state index is 5.85. The van der Waals surface area contributed by atoms with Gasteiger partial charge in [0.1, 0.15) is 17.2 Å². The fraction of sp³-hybridized carbons (Fsp3) is 0.240. The van der Waals surface area contributed by atoms with E-state index in [-0.39, 0.29) is 0 Å². The van der Waals surface area contributed by atoms with Crippen molar-refractivity contribution in [1.29, 1.82) is 0 Å². The van der Waals surface area contributed by atoms with Gasteiger partial charge in [0.25, 0.3) is 0 Å². The summed E-state index contributed by atoms with van der Waals surface area (Å²) in [5, 5.41) is 0. The third-order valence-electron chi connectivity index (χ3n) is 5.11. The normalized spacial score (nSPS) is 14.2. The zero-order valence-corrected chi connectivity index (χ0v) is 16.8. The first kappa shape index (κ1) is 19.1. The molecule has 1 heterocycles. The highest BCUT2D eigenvalue weighted by molar-refractivity contribution is 5.82. The van der Waals surface area contributed by atoms with E-state index in [0.717, 1.165) is 28.5 Å².